The van der Waals surface area contributed by atoms with Gasteiger partial charge in [-0.15, -0.1) is 0 Å². The molecule has 1 amide bonds. The summed E-state index contributed by atoms with van der Waals surface area (Å²) in [5.41, 5.74) is 6.22. The van der Waals surface area contributed by atoms with E-state index in [9.17, 15) is 4.79 Å². The molecule has 1 heterocycles. The molecule has 3 aromatic rings. The summed E-state index contributed by atoms with van der Waals surface area (Å²) >= 11 is 0. The van der Waals surface area contributed by atoms with Crippen molar-refractivity contribution in [1.82, 2.24) is 5.43 Å². The van der Waals surface area contributed by atoms with Crippen LogP contribution in [0.3, 0.4) is 0 Å². The normalized spacial score (nSPS) is 12.7. The number of nitrogens with zero attached hydrogens (tertiary/aromatic N) is 1. The van der Waals surface area contributed by atoms with E-state index in [1.54, 1.807) is 18.3 Å². The highest BCUT2D eigenvalue weighted by Gasteiger charge is 2.14. The number of carbonyl (C=O) groups is 1. The first-order chi connectivity index (χ1) is 15.4. The lowest BCUT2D eigenvalue weighted by Crippen LogP contribution is -2.17. The van der Waals surface area contributed by atoms with Crippen molar-refractivity contribution >= 4 is 12.1 Å². The number of rotatable bonds is 6. The van der Waals surface area contributed by atoms with Crippen LogP contribution in [-0.4, -0.2) is 18.9 Å². The third-order valence-corrected chi connectivity index (χ3v) is 5.12. The highest BCUT2D eigenvalue weighted by atomic mass is 16.7. The van der Waals surface area contributed by atoms with Gasteiger partial charge in [0, 0.05) is 5.56 Å². The van der Waals surface area contributed by atoms with Gasteiger partial charge in [0.05, 0.1) is 6.21 Å². The maximum absolute atomic E-state index is 12.3. The fourth-order valence-corrected chi connectivity index (χ4v) is 3.19. The van der Waals surface area contributed by atoms with Gasteiger partial charge < -0.3 is 14.2 Å². The Morgan fingerprint density at radius 2 is 1.72 bits per heavy atom. The van der Waals surface area contributed by atoms with Crippen LogP contribution in [0.1, 0.15) is 47.8 Å². The van der Waals surface area contributed by atoms with Crippen molar-refractivity contribution in [3.63, 3.8) is 0 Å². The minimum Gasteiger partial charge on any atom is -0.489 e. The third kappa shape index (κ3) is 5.27. The molecule has 1 aliphatic heterocycles. The van der Waals surface area contributed by atoms with Crippen LogP contribution in [0, 0.1) is 0 Å². The molecule has 1 aliphatic rings. The van der Waals surface area contributed by atoms with Gasteiger partial charge in [0.1, 0.15) is 12.4 Å². The van der Waals surface area contributed by atoms with E-state index in [1.807, 2.05) is 42.5 Å². The summed E-state index contributed by atoms with van der Waals surface area (Å²) in [7, 11) is 0. The van der Waals surface area contributed by atoms with Crippen LogP contribution < -0.4 is 19.6 Å². The van der Waals surface area contributed by atoms with E-state index in [1.165, 1.54) is 5.56 Å². The lowest BCUT2D eigenvalue weighted by Gasteiger charge is -2.19. The number of amides is 1. The Morgan fingerprint density at radius 3 is 2.44 bits per heavy atom. The fourth-order valence-electron chi connectivity index (χ4n) is 3.19. The molecule has 0 radical (unpaired) electrons. The van der Waals surface area contributed by atoms with Crippen molar-refractivity contribution in [2.24, 2.45) is 5.10 Å². The number of carbonyl (C=O) groups excluding carboxylic acids is 1. The Bertz CT molecular complexity index is 1110. The molecule has 6 heteroatoms. The Morgan fingerprint density at radius 1 is 1.00 bits per heavy atom. The lowest BCUT2D eigenvalue weighted by molar-refractivity contribution is 0.0955. The summed E-state index contributed by atoms with van der Waals surface area (Å²) in [6.07, 6.45) is 1.56. The molecule has 6 nitrogen and oxygen atoms in total. The van der Waals surface area contributed by atoms with Gasteiger partial charge in [0.15, 0.2) is 11.5 Å². The van der Waals surface area contributed by atoms with Gasteiger partial charge in [0.25, 0.3) is 5.91 Å². The molecule has 164 valence electrons. The van der Waals surface area contributed by atoms with Gasteiger partial charge >= 0.3 is 0 Å². The Hall–Kier alpha value is -3.80. The van der Waals surface area contributed by atoms with Gasteiger partial charge in [-0.2, -0.15) is 5.10 Å². The van der Waals surface area contributed by atoms with Crippen LogP contribution >= 0.6 is 0 Å². The Labute approximate surface area is 187 Å². The zero-order valence-corrected chi connectivity index (χ0v) is 18.4. The second-order valence-corrected chi connectivity index (χ2v) is 8.57. The van der Waals surface area contributed by atoms with Crippen molar-refractivity contribution in [3.8, 4) is 17.2 Å². The van der Waals surface area contributed by atoms with Crippen LogP contribution in [0.4, 0.5) is 0 Å². The molecule has 0 saturated carbocycles. The minimum absolute atomic E-state index is 0.115. The molecule has 0 fully saturated rings. The molecule has 0 spiro atoms. The Kier molecular flexibility index (Phi) is 6.12. The standard InChI is InChI=1S/C26H26N2O4/c1-26(2,3)21-9-11-22(12-10-21)30-16-18-4-7-20(8-5-18)25(29)28-27-15-19-6-13-23-24(14-19)32-17-31-23/h4-15H,16-17H2,1-3H3,(H,28,29)/b27-15-. The predicted molar refractivity (Wildman–Crippen MR) is 124 cm³/mol. The summed E-state index contributed by atoms with van der Waals surface area (Å²) < 4.78 is 16.5. The van der Waals surface area contributed by atoms with Crippen molar-refractivity contribution in [2.75, 3.05) is 6.79 Å². The molecule has 0 bridgehead atoms. The average molecular weight is 431 g/mol. The molecule has 0 atom stereocenters. The van der Waals surface area contributed by atoms with E-state index in [4.69, 9.17) is 14.2 Å². The summed E-state index contributed by atoms with van der Waals surface area (Å²) in [6, 6.07) is 20.9. The summed E-state index contributed by atoms with van der Waals surface area (Å²) in [4.78, 5) is 12.3. The highest BCUT2D eigenvalue weighted by molar-refractivity contribution is 5.95. The maximum atomic E-state index is 12.3. The zero-order valence-electron chi connectivity index (χ0n) is 18.4. The number of ether oxygens (including phenoxy) is 3. The number of hydrogen-bond donors (Lipinski definition) is 1. The molecule has 0 saturated heterocycles. The number of hydrogen-bond acceptors (Lipinski definition) is 5. The first kappa shape index (κ1) is 21.4. The molecule has 0 aliphatic carbocycles. The monoisotopic (exact) mass is 430 g/mol. The molecular weight excluding hydrogens is 404 g/mol. The van der Waals surface area contributed by atoms with Crippen LogP contribution in [-0.2, 0) is 12.0 Å². The topological polar surface area (TPSA) is 69.2 Å². The molecule has 32 heavy (non-hydrogen) atoms. The predicted octanol–water partition coefficient (Wildman–Crippen LogP) is 5.06. The first-order valence-electron chi connectivity index (χ1n) is 10.4. The SMILES string of the molecule is CC(C)(C)c1ccc(OCc2ccc(C(=O)N/N=C\c3ccc4c(c3)OCO4)cc2)cc1. The molecule has 1 N–H and O–H groups in total. The quantitative estimate of drug-likeness (QED) is 0.439. The summed E-state index contributed by atoms with van der Waals surface area (Å²) in [5, 5.41) is 4.02. The molecule has 0 unspecified atom stereocenters. The van der Waals surface area contributed by atoms with Crippen LogP contribution in [0.15, 0.2) is 71.8 Å². The van der Waals surface area contributed by atoms with Crippen molar-refractivity contribution < 1.29 is 19.0 Å². The van der Waals surface area contributed by atoms with E-state index in [0.717, 1.165) is 16.9 Å². The lowest BCUT2D eigenvalue weighted by atomic mass is 9.87. The molecule has 0 aromatic heterocycles. The van der Waals surface area contributed by atoms with Crippen LogP contribution in [0.5, 0.6) is 17.2 Å². The third-order valence-electron chi connectivity index (χ3n) is 5.12. The molecular formula is C26H26N2O4. The highest BCUT2D eigenvalue weighted by Crippen LogP contribution is 2.32. The van der Waals surface area contributed by atoms with Crippen LogP contribution in [0.25, 0.3) is 0 Å². The average Bonchev–Trinajstić information content (AvgIpc) is 3.25. The van der Waals surface area contributed by atoms with Crippen molar-refractivity contribution in [3.05, 3.63) is 89.0 Å². The van der Waals surface area contributed by atoms with Gasteiger partial charge in [-0.25, -0.2) is 5.43 Å². The smallest absolute Gasteiger partial charge is 0.271 e. The van der Waals surface area contributed by atoms with Gasteiger partial charge in [-0.3, -0.25) is 4.79 Å². The van der Waals surface area contributed by atoms with Gasteiger partial charge in [-0.1, -0.05) is 45.0 Å². The van der Waals surface area contributed by atoms with Gasteiger partial charge in [0.2, 0.25) is 6.79 Å². The van der Waals surface area contributed by atoms with Crippen molar-refractivity contribution in [1.29, 1.82) is 0 Å². The summed E-state index contributed by atoms with van der Waals surface area (Å²) in [5.74, 6) is 1.91. The summed E-state index contributed by atoms with van der Waals surface area (Å²) in [6.45, 7) is 7.20. The number of benzene rings is 3. The largest absolute Gasteiger partial charge is 0.489 e. The Balaban J connectivity index is 1.28. The second kappa shape index (κ2) is 9.14. The molecule has 3 aromatic carbocycles. The van der Waals surface area contributed by atoms with E-state index in [2.05, 4.69) is 43.4 Å². The minimum atomic E-state index is -0.285. The van der Waals surface area contributed by atoms with Crippen LogP contribution in [0.2, 0.25) is 0 Å². The number of nitrogens with one attached hydrogen (secondary N) is 1. The van der Waals surface area contributed by atoms with E-state index in [0.29, 0.717) is 23.7 Å². The van der Waals surface area contributed by atoms with E-state index < -0.39 is 0 Å². The van der Waals surface area contributed by atoms with Crippen molar-refractivity contribution in [2.45, 2.75) is 32.8 Å². The number of hydrazone groups is 1. The van der Waals surface area contributed by atoms with E-state index in [-0.39, 0.29) is 18.1 Å². The first-order valence-corrected chi connectivity index (χ1v) is 10.4. The van der Waals surface area contributed by atoms with E-state index >= 15 is 0 Å². The second-order valence-electron chi connectivity index (χ2n) is 8.57. The number of fused-ring (bicyclic) bond motifs is 1. The zero-order chi connectivity index (χ0) is 22.6. The molecule has 4 rings (SSSR count). The van der Waals surface area contributed by atoms with Gasteiger partial charge in [-0.05, 0) is 64.6 Å². The maximum Gasteiger partial charge on any atom is 0.271 e. The fraction of sp³-hybridized carbons (Fsp3) is 0.231.